The molecule has 1 N–H and O–H groups in total. The zero-order chi connectivity index (χ0) is 53.6. The van der Waals surface area contributed by atoms with E-state index < -0.39 is 20.0 Å². The number of carbonyl (C=O) groups excluding carboxylic acids is 2. The molecule has 1 amide bonds. The lowest BCUT2D eigenvalue weighted by molar-refractivity contribution is -0.870. The van der Waals surface area contributed by atoms with Crippen LogP contribution in [0.25, 0.3) is 0 Å². The molecule has 0 bridgehead atoms. The second-order valence-electron chi connectivity index (χ2n) is 23.3. The number of amides is 1. The minimum atomic E-state index is -4.69. The third-order valence-corrected chi connectivity index (χ3v) is 15.7. The maximum Gasteiger partial charge on any atom is 0.306 e. The lowest BCUT2D eigenvalue weighted by Crippen LogP contribution is -2.47. The molecule has 0 heterocycles. The van der Waals surface area contributed by atoms with Gasteiger partial charge in [-0.2, -0.15) is 0 Å². The maximum atomic E-state index is 13.5. The van der Waals surface area contributed by atoms with E-state index in [0.29, 0.717) is 17.4 Å². The Hall–Kier alpha value is -1.25. The number of allylic oxidation sites excluding steroid dienone is 1. The van der Waals surface area contributed by atoms with Crippen LogP contribution in [0.1, 0.15) is 329 Å². The SMILES string of the molecule is CCCCCCCCCCCCC/C=C/C(OC(=O)CCCCCCCCCCCCC)C(COP(=O)([O-])OCC[N+](C)(C)C)NC(=O)CCCCCCCCCCCCCCCCCCCCCCCCC. The van der Waals surface area contributed by atoms with E-state index in [1.54, 1.807) is 0 Å². The summed E-state index contributed by atoms with van der Waals surface area (Å²) >= 11 is 0. The van der Waals surface area contributed by atoms with Gasteiger partial charge in [0, 0.05) is 12.8 Å². The van der Waals surface area contributed by atoms with Crippen molar-refractivity contribution in [2.45, 2.75) is 341 Å². The molecule has 9 nitrogen and oxygen atoms in total. The van der Waals surface area contributed by atoms with Crippen LogP contribution in [0.15, 0.2) is 12.2 Å². The Morgan fingerprint density at radius 2 is 0.781 bits per heavy atom. The third kappa shape index (κ3) is 55.3. The number of hydrogen-bond acceptors (Lipinski definition) is 7. The van der Waals surface area contributed by atoms with Crippen molar-refractivity contribution < 1.29 is 37.3 Å². The number of esters is 1. The first-order valence-electron chi connectivity index (χ1n) is 32.0. The lowest BCUT2D eigenvalue weighted by Gasteiger charge is -2.30. The van der Waals surface area contributed by atoms with E-state index in [1.165, 1.54) is 238 Å². The van der Waals surface area contributed by atoms with Crippen LogP contribution >= 0.6 is 7.82 Å². The highest BCUT2D eigenvalue weighted by Crippen LogP contribution is 2.38. The van der Waals surface area contributed by atoms with E-state index in [0.717, 1.165) is 57.8 Å². The first-order chi connectivity index (χ1) is 35.4. The van der Waals surface area contributed by atoms with Crippen molar-refractivity contribution in [3.8, 4) is 0 Å². The Morgan fingerprint density at radius 3 is 1.12 bits per heavy atom. The summed E-state index contributed by atoms with van der Waals surface area (Å²) in [5.74, 6) is -0.521. The van der Waals surface area contributed by atoms with Gasteiger partial charge in [0.25, 0.3) is 7.82 Å². The van der Waals surface area contributed by atoms with Crippen molar-refractivity contribution in [1.82, 2.24) is 5.32 Å². The number of phosphoric acid groups is 1. The van der Waals surface area contributed by atoms with Crippen LogP contribution in [-0.2, 0) is 27.9 Å². The summed E-state index contributed by atoms with van der Waals surface area (Å²) in [5.41, 5.74) is 0. The topological polar surface area (TPSA) is 114 Å². The predicted octanol–water partition coefficient (Wildman–Crippen LogP) is 18.9. The van der Waals surface area contributed by atoms with Gasteiger partial charge < -0.3 is 28.5 Å². The normalized spacial score (nSPS) is 13.7. The monoisotopic (exact) mass is 1050 g/mol. The highest BCUT2D eigenvalue weighted by molar-refractivity contribution is 7.45. The molecule has 0 aromatic heterocycles. The number of quaternary nitrogens is 1. The molecule has 0 radical (unpaired) electrons. The number of nitrogens with zero attached hydrogens (tertiary/aromatic N) is 1. The van der Waals surface area contributed by atoms with Crippen molar-refractivity contribution in [2.24, 2.45) is 0 Å². The second-order valence-corrected chi connectivity index (χ2v) is 24.7. The van der Waals surface area contributed by atoms with E-state index in [1.807, 2.05) is 33.3 Å². The maximum absolute atomic E-state index is 13.5. The summed E-state index contributed by atoms with van der Waals surface area (Å²) in [6.07, 6.45) is 61.8. The largest absolute Gasteiger partial charge is 0.756 e. The van der Waals surface area contributed by atoms with E-state index in [2.05, 4.69) is 26.1 Å². The fourth-order valence-corrected chi connectivity index (χ4v) is 10.5. The van der Waals surface area contributed by atoms with Crippen LogP contribution in [0.4, 0.5) is 0 Å². The van der Waals surface area contributed by atoms with Crippen molar-refractivity contribution in [3.63, 3.8) is 0 Å². The molecule has 0 aromatic carbocycles. The van der Waals surface area contributed by atoms with E-state index in [4.69, 9.17) is 13.8 Å². The Bertz CT molecular complexity index is 1260. The first kappa shape index (κ1) is 71.8. The van der Waals surface area contributed by atoms with Crippen molar-refractivity contribution in [1.29, 1.82) is 0 Å². The number of likely N-dealkylation sites (N-methyl/N-ethyl adjacent to an activating group) is 1. The minimum Gasteiger partial charge on any atom is -0.756 e. The molecular weight excluding hydrogens is 928 g/mol. The van der Waals surface area contributed by atoms with Crippen molar-refractivity contribution >= 4 is 19.7 Å². The molecule has 0 saturated carbocycles. The van der Waals surface area contributed by atoms with Gasteiger partial charge in [-0.15, -0.1) is 0 Å². The molecule has 434 valence electrons. The molecule has 0 aromatic rings. The third-order valence-electron chi connectivity index (χ3n) is 14.7. The molecule has 0 rings (SSSR count). The predicted molar refractivity (Wildman–Crippen MR) is 312 cm³/mol. The molecule has 0 aliphatic carbocycles. The second kappa shape index (κ2) is 54.1. The van der Waals surface area contributed by atoms with Crippen LogP contribution in [0.2, 0.25) is 0 Å². The van der Waals surface area contributed by atoms with Gasteiger partial charge in [0.15, 0.2) is 0 Å². The molecular formula is C63H125N2O7P. The number of hydrogen-bond donors (Lipinski definition) is 1. The average molecular weight is 1050 g/mol. The quantitative estimate of drug-likeness (QED) is 0.0212. The highest BCUT2D eigenvalue weighted by Gasteiger charge is 2.27. The molecule has 73 heavy (non-hydrogen) atoms. The van der Waals surface area contributed by atoms with Crippen LogP contribution in [0.3, 0.4) is 0 Å². The van der Waals surface area contributed by atoms with Crippen LogP contribution in [0, 0.1) is 0 Å². The molecule has 0 aliphatic heterocycles. The summed E-state index contributed by atoms with van der Waals surface area (Å²) < 4.78 is 30.3. The molecule has 0 saturated heterocycles. The molecule has 0 fully saturated rings. The van der Waals surface area contributed by atoms with Gasteiger partial charge in [-0.05, 0) is 31.8 Å². The molecule has 3 atom stereocenters. The van der Waals surface area contributed by atoms with Crippen LogP contribution in [0.5, 0.6) is 0 Å². The van der Waals surface area contributed by atoms with Crippen molar-refractivity contribution in [2.75, 3.05) is 40.9 Å². The number of phosphoric ester groups is 1. The Balaban J connectivity index is 5.07. The smallest absolute Gasteiger partial charge is 0.306 e. The fourth-order valence-electron chi connectivity index (χ4n) is 9.76. The van der Waals surface area contributed by atoms with Crippen LogP contribution < -0.4 is 10.2 Å². The average Bonchev–Trinajstić information content (AvgIpc) is 3.35. The van der Waals surface area contributed by atoms with E-state index in [9.17, 15) is 19.0 Å². The standard InChI is InChI=1S/C63H125N2O7P/c1-7-10-13-16-19-22-25-27-28-29-30-31-32-33-34-35-36-38-41-43-46-49-52-55-62(66)64-60(59-71-73(68,69)70-58-57-65(4,5)6)61(54-51-48-45-42-40-37-26-23-20-17-14-11-8-2)72-63(67)56-53-50-47-44-39-24-21-18-15-12-9-3/h51,54,60-61H,7-50,52-53,55-59H2,1-6H3,(H-,64,66,68,69)/b54-51+. The Morgan fingerprint density at radius 1 is 0.466 bits per heavy atom. The number of carbonyl (C=O) groups is 2. The van der Waals surface area contributed by atoms with Gasteiger partial charge in [0.1, 0.15) is 19.3 Å². The summed E-state index contributed by atoms with van der Waals surface area (Å²) in [4.78, 5) is 39.9. The first-order valence-corrected chi connectivity index (χ1v) is 33.5. The number of unbranched alkanes of at least 4 members (excludes halogenated alkanes) is 43. The highest BCUT2D eigenvalue weighted by atomic mass is 31.2. The lowest BCUT2D eigenvalue weighted by atomic mass is 10.0. The van der Waals surface area contributed by atoms with Gasteiger partial charge in [-0.1, -0.05) is 297 Å². The fraction of sp³-hybridized carbons (Fsp3) is 0.937. The zero-order valence-corrected chi connectivity index (χ0v) is 50.5. The number of rotatable bonds is 59. The van der Waals surface area contributed by atoms with Gasteiger partial charge in [0.2, 0.25) is 5.91 Å². The van der Waals surface area contributed by atoms with Gasteiger partial charge in [0.05, 0.1) is 33.8 Å². The zero-order valence-electron chi connectivity index (χ0n) is 49.6. The summed E-state index contributed by atoms with van der Waals surface area (Å²) in [6.45, 7) is 6.89. The van der Waals surface area contributed by atoms with Gasteiger partial charge >= 0.3 is 5.97 Å². The molecule has 0 spiro atoms. The summed E-state index contributed by atoms with van der Waals surface area (Å²) in [7, 11) is 1.21. The summed E-state index contributed by atoms with van der Waals surface area (Å²) in [6, 6.07) is -0.879. The minimum absolute atomic E-state index is 0.0168. The molecule has 10 heteroatoms. The Kier molecular flexibility index (Phi) is 53.2. The van der Waals surface area contributed by atoms with Crippen LogP contribution in [-0.4, -0.2) is 69.4 Å². The Labute approximate surface area is 454 Å². The number of nitrogens with one attached hydrogen (secondary N) is 1. The summed E-state index contributed by atoms with van der Waals surface area (Å²) in [5, 5.41) is 3.04. The molecule has 0 aliphatic rings. The van der Waals surface area contributed by atoms with E-state index in [-0.39, 0.29) is 31.5 Å². The van der Waals surface area contributed by atoms with Gasteiger partial charge in [-0.3, -0.25) is 14.2 Å². The van der Waals surface area contributed by atoms with Gasteiger partial charge in [-0.25, -0.2) is 0 Å². The number of ether oxygens (including phenoxy) is 1. The van der Waals surface area contributed by atoms with E-state index >= 15 is 0 Å². The molecule has 3 unspecified atom stereocenters. The van der Waals surface area contributed by atoms with Crippen molar-refractivity contribution in [3.05, 3.63) is 12.2 Å².